The van der Waals surface area contributed by atoms with Gasteiger partial charge in [-0.25, -0.2) is 4.90 Å². The van der Waals surface area contributed by atoms with Crippen molar-refractivity contribution in [2.24, 2.45) is 5.92 Å². The smallest absolute Gasteiger partial charge is 0.306 e. The van der Waals surface area contributed by atoms with Crippen LogP contribution in [0.5, 0.6) is 11.5 Å². The van der Waals surface area contributed by atoms with Gasteiger partial charge in [-0.15, -0.1) is 0 Å². The number of hydrogen-bond donors (Lipinski definition) is 1. The van der Waals surface area contributed by atoms with Crippen molar-refractivity contribution in [3.05, 3.63) is 18.2 Å². The summed E-state index contributed by atoms with van der Waals surface area (Å²) in [5.41, 5.74) is 0.479. The average molecular weight is 360 g/mol. The van der Waals surface area contributed by atoms with E-state index in [0.717, 1.165) is 0 Å². The molecule has 1 unspecified atom stereocenters. The topological polar surface area (TPSA) is 96.4 Å². The van der Waals surface area contributed by atoms with E-state index >= 15 is 0 Å². The van der Waals surface area contributed by atoms with Crippen LogP contribution in [-0.2, 0) is 14.4 Å². The van der Waals surface area contributed by atoms with Gasteiger partial charge in [0.15, 0.2) is 11.5 Å². The van der Waals surface area contributed by atoms with Gasteiger partial charge in [0.05, 0.1) is 24.1 Å². The van der Waals surface area contributed by atoms with Gasteiger partial charge in [0, 0.05) is 6.07 Å². The van der Waals surface area contributed by atoms with E-state index in [1.54, 1.807) is 18.2 Å². The molecule has 0 bridgehead atoms. The Morgan fingerprint density at radius 1 is 1.08 bits per heavy atom. The van der Waals surface area contributed by atoms with Crippen LogP contribution in [-0.4, -0.2) is 60.1 Å². The maximum atomic E-state index is 12.9. The molecule has 26 heavy (non-hydrogen) atoms. The van der Waals surface area contributed by atoms with Gasteiger partial charge in [-0.2, -0.15) is 0 Å². The van der Waals surface area contributed by atoms with Gasteiger partial charge in [-0.05, 0) is 38.1 Å². The SMILES string of the molecule is O=C(O)C1CCN(C2CC(=O)N(c3ccc4c(c3)OCCO4)C2=O)CC1. The third kappa shape index (κ3) is 2.90. The maximum absolute atomic E-state index is 12.9. The van der Waals surface area contributed by atoms with Crippen LogP contribution in [0.25, 0.3) is 0 Å². The number of hydrogen-bond acceptors (Lipinski definition) is 6. The highest BCUT2D eigenvalue weighted by Crippen LogP contribution is 2.36. The standard InChI is InChI=1S/C18H20N2O6/c21-16-10-13(19-5-3-11(4-6-19)18(23)24)17(22)20(16)12-1-2-14-15(9-12)26-8-7-25-14/h1-2,9,11,13H,3-8,10H2,(H,23,24). The lowest BCUT2D eigenvalue weighted by molar-refractivity contribution is -0.143. The Hall–Kier alpha value is -2.61. The molecule has 3 heterocycles. The molecule has 0 radical (unpaired) electrons. The minimum Gasteiger partial charge on any atom is -0.486 e. The molecule has 138 valence electrons. The van der Waals surface area contributed by atoms with Crippen molar-refractivity contribution in [2.45, 2.75) is 25.3 Å². The number of carbonyl (C=O) groups excluding carboxylic acids is 2. The number of carboxylic acids is 1. The third-order valence-electron chi connectivity index (χ3n) is 5.23. The molecule has 2 amide bonds. The Morgan fingerprint density at radius 2 is 1.77 bits per heavy atom. The number of nitrogens with zero attached hydrogens (tertiary/aromatic N) is 2. The largest absolute Gasteiger partial charge is 0.486 e. The van der Waals surface area contributed by atoms with Crippen molar-refractivity contribution in [1.29, 1.82) is 0 Å². The monoisotopic (exact) mass is 360 g/mol. The Kier molecular flexibility index (Phi) is 4.28. The molecule has 1 N–H and O–H groups in total. The quantitative estimate of drug-likeness (QED) is 0.800. The number of carbonyl (C=O) groups is 3. The van der Waals surface area contributed by atoms with Crippen LogP contribution in [0.15, 0.2) is 18.2 Å². The van der Waals surface area contributed by atoms with E-state index < -0.39 is 12.0 Å². The molecule has 0 aromatic heterocycles. The van der Waals surface area contributed by atoms with Crippen LogP contribution in [0.2, 0.25) is 0 Å². The second kappa shape index (κ2) is 6.60. The first-order valence-corrected chi connectivity index (χ1v) is 8.78. The van der Waals surface area contributed by atoms with E-state index in [9.17, 15) is 14.4 Å². The number of anilines is 1. The fraction of sp³-hybridized carbons (Fsp3) is 0.500. The number of likely N-dealkylation sites (tertiary alicyclic amines) is 1. The fourth-order valence-electron chi connectivity index (χ4n) is 3.80. The molecule has 0 saturated carbocycles. The van der Waals surface area contributed by atoms with Crippen molar-refractivity contribution in [3.8, 4) is 11.5 Å². The number of fused-ring (bicyclic) bond motifs is 1. The molecule has 8 nitrogen and oxygen atoms in total. The third-order valence-corrected chi connectivity index (χ3v) is 5.23. The molecule has 1 aromatic rings. The summed E-state index contributed by atoms with van der Waals surface area (Å²) in [7, 11) is 0. The highest BCUT2D eigenvalue weighted by molar-refractivity contribution is 6.22. The number of benzene rings is 1. The highest BCUT2D eigenvalue weighted by Gasteiger charge is 2.44. The van der Waals surface area contributed by atoms with Gasteiger partial charge < -0.3 is 14.6 Å². The first kappa shape index (κ1) is 16.8. The van der Waals surface area contributed by atoms with E-state index in [0.29, 0.717) is 56.3 Å². The van der Waals surface area contributed by atoms with Crippen molar-refractivity contribution >= 4 is 23.5 Å². The number of aliphatic carboxylic acids is 1. The summed E-state index contributed by atoms with van der Waals surface area (Å²) in [6, 6.07) is 4.52. The van der Waals surface area contributed by atoms with Crippen LogP contribution in [0.3, 0.4) is 0 Å². The van der Waals surface area contributed by atoms with E-state index in [1.807, 2.05) is 4.90 Å². The lowest BCUT2D eigenvalue weighted by Gasteiger charge is -2.33. The highest BCUT2D eigenvalue weighted by atomic mass is 16.6. The van der Waals surface area contributed by atoms with Crippen molar-refractivity contribution in [1.82, 2.24) is 4.90 Å². The molecule has 3 aliphatic heterocycles. The summed E-state index contributed by atoms with van der Waals surface area (Å²) in [5, 5.41) is 9.10. The van der Waals surface area contributed by atoms with Gasteiger partial charge in [0.25, 0.3) is 5.91 Å². The zero-order valence-corrected chi connectivity index (χ0v) is 14.2. The van der Waals surface area contributed by atoms with E-state index in [1.165, 1.54) is 4.90 Å². The normalized spacial score (nSPS) is 24.2. The average Bonchev–Trinajstić information content (AvgIpc) is 2.95. The predicted molar refractivity (Wildman–Crippen MR) is 90.3 cm³/mol. The van der Waals surface area contributed by atoms with Gasteiger partial charge in [-0.1, -0.05) is 0 Å². The van der Waals surface area contributed by atoms with E-state index in [2.05, 4.69) is 0 Å². The molecule has 1 atom stereocenters. The lowest BCUT2D eigenvalue weighted by atomic mass is 9.96. The summed E-state index contributed by atoms with van der Waals surface area (Å²) >= 11 is 0. The van der Waals surface area contributed by atoms with E-state index in [4.69, 9.17) is 14.6 Å². The van der Waals surface area contributed by atoms with Gasteiger partial charge in [0.1, 0.15) is 13.2 Å². The fourth-order valence-corrected chi connectivity index (χ4v) is 3.80. The Labute approximate surface area is 150 Å². The molecule has 2 saturated heterocycles. The van der Waals surface area contributed by atoms with Gasteiger partial charge >= 0.3 is 5.97 Å². The van der Waals surface area contributed by atoms with E-state index in [-0.39, 0.29) is 24.2 Å². The second-order valence-electron chi connectivity index (χ2n) is 6.76. The Bertz CT molecular complexity index is 756. The molecule has 2 fully saturated rings. The molecular weight excluding hydrogens is 340 g/mol. The summed E-state index contributed by atoms with van der Waals surface area (Å²) in [6.45, 7) is 1.92. The van der Waals surface area contributed by atoms with Gasteiger partial charge in [-0.3, -0.25) is 19.3 Å². The van der Waals surface area contributed by atoms with Crippen molar-refractivity contribution in [2.75, 3.05) is 31.2 Å². The Balaban J connectivity index is 1.50. The number of carboxylic acid groups (broad SMARTS) is 1. The summed E-state index contributed by atoms with van der Waals surface area (Å²) in [4.78, 5) is 39.6. The Morgan fingerprint density at radius 3 is 2.46 bits per heavy atom. The first-order valence-electron chi connectivity index (χ1n) is 8.78. The molecular formula is C18H20N2O6. The molecule has 0 aliphatic carbocycles. The molecule has 1 aromatic carbocycles. The number of ether oxygens (including phenoxy) is 2. The minimum absolute atomic E-state index is 0.116. The zero-order valence-electron chi connectivity index (χ0n) is 14.2. The minimum atomic E-state index is -0.795. The second-order valence-corrected chi connectivity index (χ2v) is 6.76. The molecule has 0 spiro atoms. The maximum Gasteiger partial charge on any atom is 0.306 e. The van der Waals surface area contributed by atoms with Crippen LogP contribution in [0.4, 0.5) is 5.69 Å². The van der Waals surface area contributed by atoms with Crippen LogP contribution >= 0.6 is 0 Å². The number of rotatable bonds is 3. The lowest BCUT2D eigenvalue weighted by Crippen LogP contribution is -2.46. The van der Waals surface area contributed by atoms with Gasteiger partial charge in [0.2, 0.25) is 5.91 Å². The number of piperidine rings is 1. The summed E-state index contributed by atoms with van der Waals surface area (Å²) in [5.74, 6) is -0.548. The van der Waals surface area contributed by atoms with Crippen LogP contribution < -0.4 is 14.4 Å². The summed E-state index contributed by atoms with van der Waals surface area (Å²) in [6.07, 6.45) is 1.11. The molecule has 4 rings (SSSR count). The molecule has 8 heteroatoms. The van der Waals surface area contributed by atoms with Crippen molar-refractivity contribution < 1.29 is 29.0 Å². The van der Waals surface area contributed by atoms with Crippen LogP contribution in [0, 0.1) is 5.92 Å². The first-order chi connectivity index (χ1) is 12.5. The number of imide groups is 1. The summed E-state index contributed by atoms with van der Waals surface area (Å²) < 4.78 is 11.0. The molecule has 3 aliphatic rings. The predicted octanol–water partition coefficient (Wildman–Crippen LogP) is 0.886. The zero-order chi connectivity index (χ0) is 18.3. The number of amides is 2. The van der Waals surface area contributed by atoms with Crippen molar-refractivity contribution in [3.63, 3.8) is 0 Å². The van der Waals surface area contributed by atoms with Crippen LogP contribution in [0.1, 0.15) is 19.3 Å².